The molecule has 0 aromatic heterocycles. The average Bonchev–Trinajstić information content (AvgIpc) is 3.17. The van der Waals surface area contributed by atoms with Gasteiger partial charge >= 0.3 is 0 Å². The standard InChI is InChI=1S/C20H27FO2/c1-18-7-6-15(22)17(21)14(18)4-3-13-12(18)5-8-19(2)16(23)9-11-10-20(11,13)19/h11-13,16,23H,3-10H2,1-2H3/t11-,12?,13?,16-,18+,19+,20+/m0/s1. The molecule has 0 saturated heterocycles. The number of fused-ring (bicyclic) bond motifs is 3. The van der Waals surface area contributed by atoms with Crippen LogP contribution in [0.3, 0.4) is 0 Å². The van der Waals surface area contributed by atoms with Crippen LogP contribution in [0.2, 0.25) is 0 Å². The van der Waals surface area contributed by atoms with Gasteiger partial charge in [0.1, 0.15) is 0 Å². The third-order valence-corrected chi connectivity index (χ3v) is 9.18. The first-order valence-corrected chi connectivity index (χ1v) is 9.45. The fraction of sp³-hybridized carbons (Fsp3) is 0.850. The molecule has 5 aliphatic carbocycles. The number of ketones is 1. The Hall–Kier alpha value is -0.700. The highest BCUT2D eigenvalue weighted by Crippen LogP contribution is 2.82. The topological polar surface area (TPSA) is 37.3 Å². The molecule has 0 amide bonds. The number of halogens is 1. The first-order chi connectivity index (χ1) is 10.8. The fourth-order valence-electron chi connectivity index (χ4n) is 7.85. The molecule has 126 valence electrons. The van der Waals surface area contributed by atoms with Gasteiger partial charge in [0.05, 0.1) is 6.10 Å². The zero-order chi connectivity index (χ0) is 16.2. The minimum Gasteiger partial charge on any atom is -0.393 e. The lowest BCUT2D eigenvalue weighted by Crippen LogP contribution is -2.54. The normalized spacial score (nSPS) is 57.5. The zero-order valence-electron chi connectivity index (χ0n) is 14.2. The van der Waals surface area contributed by atoms with Gasteiger partial charge in [0.15, 0.2) is 11.6 Å². The number of aliphatic hydroxyl groups is 1. The summed E-state index contributed by atoms with van der Waals surface area (Å²) in [5, 5.41) is 10.6. The molecule has 0 bridgehead atoms. The van der Waals surface area contributed by atoms with E-state index in [1.54, 1.807) is 0 Å². The molecule has 1 spiro atoms. The van der Waals surface area contributed by atoms with Crippen molar-refractivity contribution in [2.45, 2.75) is 71.3 Å². The van der Waals surface area contributed by atoms with Crippen molar-refractivity contribution < 1.29 is 14.3 Å². The average molecular weight is 318 g/mol. The summed E-state index contributed by atoms with van der Waals surface area (Å²) in [6.45, 7) is 4.55. The van der Waals surface area contributed by atoms with Crippen LogP contribution in [-0.2, 0) is 4.79 Å². The molecule has 0 aromatic carbocycles. The van der Waals surface area contributed by atoms with Crippen molar-refractivity contribution in [3.63, 3.8) is 0 Å². The van der Waals surface area contributed by atoms with E-state index in [2.05, 4.69) is 13.8 Å². The molecule has 0 aliphatic heterocycles. The van der Waals surface area contributed by atoms with Gasteiger partial charge in [0.2, 0.25) is 0 Å². The number of hydrogen-bond acceptors (Lipinski definition) is 2. The Morgan fingerprint density at radius 1 is 1.13 bits per heavy atom. The highest BCUT2D eigenvalue weighted by Gasteiger charge is 2.77. The van der Waals surface area contributed by atoms with E-state index in [-0.39, 0.29) is 22.7 Å². The summed E-state index contributed by atoms with van der Waals surface area (Å²) < 4.78 is 14.5. The monoisotopic (exact) mass is 318 g/mol. The predicted molar refractivity (Wildman–Crippen MR) is 85.2 cm³/mol. The summed E-state index contributed by atoms with van der Waals surface area (Å²) in [7, 11) is 0. The first kappa shape index (κ1) is 14.6. The van der Waals surface area contributed by atoms with Crippen molar-refractivity contribution in [3.05, 3.63) is 11.4 Å². The van der Waals surface area contributed by atoms with Gasteiger partial charge in [0.25, 0.3) is 0 Å². The maximum absolute atomic E-state index is 14.5. The molecule has 3 heteroatoms. The number of rotatable bonds is 0. The highest BCUT2D eigenvalue weighted by molar-refractivity contribution is 5.95. The third kappa shape index (κ3) is 1.44. The Labute approximate surface area is 137 Å². The van der Waals surface area contributed by atoms with E-state index in [1.165, 1.54) is 6.42 Å². The lowest BCUT2D eigenvalue weighted by atomic mass is 9.45. The van der Waals surface area contributed by atoms with Crippen LogP contribution in [0.4, 0.5) is 4.39 Å². The minimum atomic E-state index is -0.401. The number of hydrogen-bond donors (Lipinski definition) is 1. The number of carbonyl (C=O) groups excluding carboxylic acids is 1. The molecule has 1 N–H and O–H groups in total. The molecule has 4 fully saturated rings. The number of allylic oxidation sites excluding steroid dienone is 1. The van der Waals surface area contributed by atoms with Crippen LogP contribution in [0.5, 0.6) is 0 Å². The second-order valence-electron chi connectivity index (χ2n) is 9.53. The van der Waals surface area contributed by atoms with Crippen LogP contribution >= 0.6 is 0 Å². The molecule has 0 aromatic rings. The zero-order valence-corrected chi connectivity index (χ0v) is 14.2. The van der Waals surface area contributed by atoms with Gasteiger partial charge in [-0.25, -0.2) is 4.39 Å². The van der Waals surface area contributed by atoms with Crippen LogP contribution < -0.4 is 0 Å². The van der Waals surface area contributed by atoms with Crippen LogP contribution in [-0.4, -0.2) is 17.0 Å². The Bertz CT molecular complexity index is 640. The SMILES string of the molecule is C[C@]12CCC(=O)C(F)=C1CCC1C2CC[C@]2(C)[C@@H](O)C[C@H]3C[C@]132. The Kier molecular flexibility index (Phi) is 2.60. The van der Waals surface area contributed by atoms with E-state index in [0.717, 1.165) is 44.1 Å². The molecule has 5 rings (SSSR count). The number of aliphatic hydroxyl groups excluding tert-OH is 1. The molecule has 5 aliphatic rings. The van der Waals surface area contributed by atoms with Crippen molar-refractivity contribution in [2.75, 3.05) is 0 Å². The molecule has 4 saturated carbocycles. The van der Waals surface area contributed by atoms with Crippen LogP contribution in [0, 0.1) is 34.0 Å². The Balaban J connectivity index is 1.59. The summed E-state index contributed by atoms with van der Waals surface area (Å²) >= 11 is 0. The third-order valence-electron chi connectivity index (χ3n) is 9.18. The maximum Gasteiger partial charge on any atom is 0.191 e. The second-order valence-corrected chi connectivity index (χ2v) is 9.53. The maximum atomic E-state index is 14.5. The van der Waals surface area contributed by atoms with Gasteiger partial charge in [-0.2, -0.15) is 0 Å². The highest BCUT2D eigenvalue weighted by atomic mass is 19.1. The lowest BCUT2D eigenvalue weighted by Gasteiger charge is -2.59. The van der Waals surface area contributed by atoms with Gasteiger partial charge in [-0.1, -0.05) is 13.8 Å². The smallest absolute Gasteiger partial charge is 0.191 e. The molecule has 2 nitrogen and oxygen atoms in total. The van der Waals surface area contributed by atoms with Crippen molar-refractivity contribution in [1.82, 2.24) is 0 Å². The van der Waals surface area contributed by atoms with Crippen LogP contribution in [0.15, 0.2) is 11.4 Å². The summed E-state index contributed by atoms with van der Waals surface area (Å²) in [6.07, 6.45) is 7.27. The van der Waals surface area contributed by atoms with E-state index in [4.69, 9.17) is 0 Å². The van der Waals surface area contributed by atoms with E-state index in [0.29, 0.717) is 29.6 Å². The van der Waals surface area contributed by atoms with Gasteiger partial charge in [-0.15, -0.1) is 0 Å². The van der Waals surface area contributed by atoms with Crippen LogP contribution in [0.25, 0.3) is 0 Å². The van der Waals surface area contributed by atoms with Gasteiger partial charge < -0.3 is 5.11 Å². The summed E-state index contributed by atoms with van der Waals surface area (Å²) in [6, 6.07) is 0. The van der Waals surface area contributed by atoms with Crippen molar-refractivity contribution in [1.29, 1.82) is 0 Å². The van der Waals surface area contributed by atoms with E-state index >= 15 is 0 Å². The summed E-state index contributed by atoms with van der Waals surface area (Å²) in [4.78, 5) is 11.8. The Morgan fingerprint density at radius 3 is 2.70 bits per heavy atom. The Morgan fingerprint density at radius 2 is 1.91 bits per heavy atom. The number of Topliss-reactive ketones (excluding diaryl/α,β-unsaturated/α-hetero) is 1. The number of carbonyl (C=O) groups is 1. The van der Waals surface area contributed by atoms with Gasteiger partial charge in [0, 0.05) is 6.42 Å². The second kappa shape index (κ2) is 4.09. The minimum absolute atomic E-state index is 0.0828. The van der Waals surface area contributed by atoms with E-state index < -0.39 is 5.83 Å². The fourth-order valence-corrected chi connectivity index (χ4v) is 7.85. The van der Waals surface area contributed by atoms with Crippen molar-refractivity contribution >= 4 is 5.78 Å². The largest absolute Gasteiger partial charge is 0.393 e. The van der Waals surface area contributed by atoms with E-state index in [9.17, 15) is 14.3 Å². The van der Waals surface area contributed by atoms with Gasteiger partial charge in [-0.3, -0.25) is 4.79 Å². The van der Waals surface area contributed by atoms with Crippen molar-refractivity contribution in [3.8, 4) is 0 Å². The molecule has 23 heavy (non-hydrogen) atoms. The van der Waals surface area contributed by atoms with Crippen molar-refractivity contribution in [2.24, 2.45) is 34.0 Å². The van der Waals surface area contributed by atoms with Crippen LogP contribution in [0.1, 0.15) is 65.2 Å². The summed E-state index contributed by atoms with van der Waals surface area (Å²) in [5.74, 6) is 1.16. The molecular formula is C20H27FO2. The quantitative estimate of drug-likeness (QED) is 0.727. The summed E-state index contributed by atoms with van der Waals surface area (Å²) in [5.41, 5.74) is 1.13. The first-order valence-electron chi connectivity index (χ1n) is 9.45. The predicted octanol–water partition coefficient (Wildman–Crippen LogP) is 4.18. The molecule has 0 radical (unpaired) electrons. The molecule has 7 atom stereocenters. The molecule has 2 unspecified atom stereocenters. The molecular weight excluding hydrogens is 291 g/mol. The van der Waals surface area contributed by atoms with Gasteiger partial charge in [-0.05, 0) is 84.5 Å². The van der Waals surface area contributed by atoms with E-state index in [1.807, 2.05) is 0 Å². The molecule has 0 heterocycles. The lowest BCUT2D eigenvalue weighted by molar-refractivity contribution is -0.123.